The van der Waals surface area contributed by atoms with E-state index in [2.05, 4.69) is 25.7 Å². The average Bonchev–Trinajstić information content (AvgIpc) is 2.75. The molecule has 0 aliphatic carbocycles. The van der Waals surface area contributed by atoms with Crippen molar-refractivity contribution in [3.8, 4) is 0 Å². The minimum absolute atomic E-state index is 0. The van der Waals surface area contributed by atoms with Gasteiger partial charge in [-0.2, -0.15) is 23.4 Å². The fourth-order valence-corrected chi connectivity index (χ4v) is 2.56. The molecule has 0 atom stereocenters. The summed E-state index contributed by atoms with van der Waals surface area (Å²) in [6.07, 6.45) is -4.43. The molecule has 0 saturated carbocycles. The molecular formula is C20H19CuF3N6S2. The Hall–Kier alpha value is -2.53. The second kappa shape index (κ2) is 13.8. The SMILES string of the molecule is CCNC([S-])=NN=C(C(=NN=C([S-])NCC(F)(F)F)c1ccccc1)c1ccccc1.[Cu+2]. The van der Waals surface area contributed by atoms with Gasteiger partial charge < -0.3 is 35.9 Å². The number of hydrogen-bond acceptors (Lipinski definition) is 6. The van der Waals surface area contributed by atoms with Crippen molar-refractivity contribution >= 4 is 47.0 Å². The smallest absolute Gasteiger partial charge is 0.741 e. The van der Waals surface area contributed by atoms with E-state index in [-0.39, 0.29) is 27.9 Å². The van der Waals surface area contributed by atoms with Gasteiger partial charge in [0.2, 0.25) is 0 Å². The number of nitrogens with zero attached hydrogens (tertiary/aromatic N) is 4. The molecule has 0 fully saturated rings. The number of nitrogens with one attached hydrogen (secondary N) is 2. The van der Waals surface area contributed by atoms with Gasteiger partial charge in [0.05, 0.1) is 0 Å². The topological polar surface area (TPSA) is 73.5 Å². The summed E-state index contributed by atoms with van der Waals surface area (Å²) in [6.45, 7) is 1.14. The zero-order chi connectivity index (χ0) is 22.7. The van der Waals surface area contributed by atoms with E-state index in [0.29, 0.717) is 23.4 Å². The molecule has 173 valence electrons. The normalized spacial score (nSPS) is 13.4. The standard InChI is InChI=1S/C20H21F3N6S2.Cu/c1-2-24-18(30)28-26-16(14-9-5-3-6-10-14)17(15-11-7-4-8-12-15)27-29-19(31)25-13-20(21,22)23;/h3-12H,2,13H2,1H3,(H2,24,28,30)(H2,25,29,31);/q;+2/p-2. The Balaban J connectivity index is 0.00000512. The van der Waals surface area contributed by atoms with E-state index < -0.39 is 17.9 Å². The number of benzene rings is 2. The quantitative estimate of drug-likeness (QED) is 0.190. The molecule has 0 amide bonds. The molecule has 2 rings (SSSR count). The van der Waals surface area contributed by atoms with Gasteiger partial charge in [0.15, 0.2) is 0 Å². The first kappa shape index (κ1) is 27.5. The van der Waals surface area contributed by atoms with Crippen molar-refractivity contribution in [3.05, 3.63) is 71.8 Å². The van der Waals surface area contributed by atoms with Crippen LogP contribution in [0.15, 0.2) is 81.1 Å². The van der Waals surface area contributed by atoms with Crippen LogP contribution in [-0.4, -0.2) is 41.0 Å². The Kier molecular flexibility index (Phi) is 11.9. The molecule has 2 aromatic rings. The molecule has 0 aromatic heterocycles. The van der Waals surface area contributed by atoms with Crippen LogP contribution in [0.3, 0.4) is 0 Å². The van der Waals surface area contributed by atoms with Crippen molar-refractivity contribution in [2.45, 2.75) is 13.1 Å². The zero-order valence-corrected chi connectivity index (χ0v) is 19.3. The molecule has 0 saturated heterocycles. The summed E-state index contributed by atoms with van der Waals surface area (Å²) in [5, 5.41) is 20.8. The number of alkyl halides is 3. The van der Waals surface area contributed by atoms with Crippen molar-refractivity contribution in [3.63, 3.8) is 0 Å². The molecule has 0 spiro atoms. The van der Waals surface area contributed by atoms with Crippen molar-refractivity contribution < 1.29 is 30.2 Å². The summed E-state index contributed by atoms with van der Waals surface area (Å²) in [4.78, 5) is 0. The zero-order valence-electron chi connectivity index (χ0n) is 16.7. The number of hydrogen-bond donors (Lipinski definition) is 2. The molecule has 12 heteroatoms. The van der Waals surface area contributed by atoms with Gasteiger partial charge in [0.1, 0.15) is 18.0 Å². The van der Waals surface area contributed by atoms with Gasteiger partial charge in [0.25, 0.3) is 0 Å². The Morgan fingerprint density at radius 1 is 0.750 bits per heavy atom. The predicted octanol–water partition coefficient (Wildman–Crippen LogP) is 3.36. The molecule has 1 radical (unpaired) electrons. The van der Waals surface area contributed by atoms with E-state index in [4.69, 9.17) is 25.3 Å². The third kappa shape index (κ3) is 9.73. The molecule has 6 nitrogen and oxygen atoms in total. The molecular weight excluding hydrogens is 509 g/mol. The van der Waals surface area contributed by atoms with E-state index in [0.717, 1.165) is 0 Å². The Bertz CT molecular complexity index is 964. The molecule has 2 N–H and O–H groups in total. The first-order chi connectivity index (χ1) is 14.8. The van der Waals surface area contributed by atoms with Crippen LogP contribution in [0.25, 0.3) is 0 Å². The van der Waals surface area contributed by atoms with E-state index in [9.17, 15) is 13.2 Å². The van der Waals surface area contributed by atoms with Gasteiger partial charge >= 0.3 is 23.2 Å². The number of halogens is 3. The maximum Gasteiger partial charge on any atom is 2.00 e. The molecule has 0 aliphatic heterocycles. The van der Waals surface area contributed by atoms with Crippen molar-refractivity contribution in [2.24, 2.45) is 20.4 Å². The summed E-state index contributed by atoms with van der Waals surface area (Å²) < 4.78 is 37.3. The fourth-order valence-electron chi connectivity index (χ4n) is 2.26. The van der Waals surface area contributed by atoms with Crippen LogP contribution in [0.5, 0.6) is 0 Å². The van der Waals surface area contributed by atoms with Crippen molar-refractivity contribution in [1.29, 1.82) is 0 Å². The van der Waals surface area contributed by atoms with Crippen molar-refractivity contribution in [1.82, 2.24) is 10.6 Å². The van der Waals surface area contributed by atoms with Crippen LogP contribution in [0.2, 0.25) is 0 Å². The Morgan fingerprint density at radius 2 is 1.16 bits per heavy atom. The summed E-state index contributed by atoms with van der Waals surface area (Å²) in [6, 6.07) is 18.0. The van der Waals surface area contributed by atoms with Crippen LogP contribution < -0.4 is 10.6 Å². The third-order valence-corrected chi connectivity index (χ3v) is 4.02. The van der Waals surface area contributed by atoms with Gasteiger partial charge in [0, 0.05) is 17.7 Å². The monoisotopic (exact) mass is 527 g/mol. The van der Waals surface area contributed by atoms with Crippen LogP contribution in [0.1, 0.15) is 18.1 Å². The molecule has 0 unspecified atom stereocenters. The first-order valence-corrected chi connectivity index (χ1v) is 9.93. The maximum absolute atomic E-state index is 12.4. The van der Waals surface area contributed by atoms with E-state index in [1.54, 1.807) is 36.4 Å². The fraction of sp³-hybridized carbons (Fsp3) is 0.200. The van der Waals surface area contributed by atoms with E-state index in [1.807, 2.05) is 36.5 Å². The second-order valence-corrected chi connectivity index (χ2v) is 6.71. The molecule has 0 aliphatic rings. The van der Waals surface area contributed by atoms with Gasteiger partial charge in [-0.05, 0) is 17.3 Å². The maximum atomic E-state index is 12.4. The average molecular weight is 528 g/mol. The molecule has 0 heterocycles. The Morgan fingerprint density at radius 3 is 1.53 bits per heavy atom. The Labute approximate surface area is 205 Å². The third-order valence-electron chi connectivity index (χ3n) is 3.57. The largest absolute Gasteiger partial charge is 2.00 e. The van der Waals surface area contributed by atoms with Gasteiger partial charge in [-0.1, -0.05) is 60.7 Å². The van der Waals surface area contributed by atoms with E-state index in [1.165, 1.54) is 0 Å². The predicted molar refractivity (Wildman–Crippen MR) is 123 cm³/mol. The molecule has 0 bridgehead atoms. The summed E-state index contributed by atoms with van der Waals surface area (Å²) in [5.74, 6) is 0. The van der Waals surface area contributed by atoms with Crippen molar-refractivity contribution in [2.75, 3.05) is 13.1 Å². The minimum Gasteiger partial charge on any atom is -0.741 e. The summed E-state index contributed by atoms with van der Waals surface area (Å²) >= 11 is 9.97. The first-order valence-electron chi connectivity index (χ1n) is 9.11. The van der Waals surface area contributed by atoms with Crippen LogP contribution in [-0.2, 0) is 42.3 Å². The number of rotatable bonds is 7. The van der Waals surface area contributed by atoms with E-state index >= 15 is 0 Å². The van der Waals surface area contributed by atoms with Crippen LogP contribution in [0, 0.1) is 0 Å². The molecule has 2 aromatic carbocycles. The summed E-state index contributed by atoms with van der Waals surface area (Å²) in [7, 11) is 0. The van der Waals surface area contributed by atoms with Crippen LogP contribution >= 0.6 is 0 Å². The molecule has 32 heavy (non-hydrogen) atoms. The second-order valence-electron chi connectivity index (χ2n) is 5.94. The number of amidine groups is 2. The van der Waals surface area contributed by atoms with Gasteiger partial charge in [-0.25, -0.2) is 0 Å². The van der Waals surface area contributed by atoms with Crippen LogP contribution in [0.4, 0.5) is 13.2 Å². The van der Waals surface area contributed by atoms with Gasteiger partial charge in [-0.15, -0.1) is 10.2 Å². The van der Waals surface area contributed by atoms with Gasteiger partial charge in [-0.3, -0.25) is 0 Å². The summed E-state index contributed by atoms with van der Waals surface area (Å²) in [5.41, 5.74) is 1.88. The minimum atomic E-state index is -4.43.